The molecular weight excluding hydrogens is 242 g/mol. The molecule has 4 nitrogen and oxygen atoms in total. The Hall–Kier alpha value is -1.24. The zero-order valence-corrected chi connectivity index (χ0v) is 10.1. The molecule has 2 aromatic rings. The molecule has 0 saturated carbocycles. The van der Waals surface area contributed by atoms with Crippen molar-refractivity contribution in [2.45, 2.75) is 12.6 Å². The lowest BCUT2D eigenvalue weighted by atomic mass is 10.2. The van der Waals surface area contributed by atoms with Crippen LogP contribution in [0.5, 0.6) is 0 Å². The van der Waals surface area contributed by atoms with E-state index in [0.29, 0.717) is 6.54 Å². The molecule has 2 rings (SSSR count). The number of carbonyl (C=O) groups is 1. The largest absolute Gasteiger partial charge is 0.348 e. The highest BCUT2D eigenvalue weighted by atomic mass is 32.1. The molecule has 0 aliphatic rings. The number of nitrogens with one attached hydrogen (secondary N) is 1. The first-order chi connectivity index (χ1) is 7.77. The van der Waals surface area contributed by atoms with Crippen LogP contribution in [0.25, 0.3) is 0 Å². The maximum atomic E-state index is 11.7. The highest BCUT2D eigenvalue weighted by molar-refractivity contribution is 7.10. The molecule has 1 amide bonds. The van der Waals surface area contributed by atoms with Gasteiger partial charge in [0.2, 0.25) is 5.91 Å². The summed E-state index contributed by atoms with van der Waals surface area (Å²) >= 11 is 2.99. The van der Waals surface area contributed by atoms with Crippen LogP contribution in [-0.2, 0) is 11.3 Å². The Morgan fingerprint density at radius 2 is 2.38 bits per heavy atom. The highest BCUT2D eigenvalue weighted by Crippen LogP contribution is 2.16. The van der Waals surface area contributed by atoms with Crippen molar-refractivity contribution < 1.29 is 4.79 Å². The molecule has 6 heteroatoms. The second-order valence-corrected chi connectivity index (χ2v) is 5.10. The van der Waals surface area contributed by atoms with E-state index in [-0.39, 0.29) is 5.91 Å². The number of nitrogens with zero attached hydrogens (tertiary/aromatic N) is 1. The summed E-state index contributed by atoms with van der Waals surface area (Å²) in [5.74, 6) is -0.169. The van der Waals surface area contributed by atoms with Crippen LogP contribution in [0.2, 0.25) is 0 Å². The second-order valence-electron chi connectivity index (χ2n) is 3.14. The third-order valence-corrected chi connectivity index (χ3v) is 3.76. The van der Waals surface area contributed by atoms with Crippen molar-refractivity contribution in [3.63, 3.8) is 0 Å². The van der Waals surface area contributed by atoms with E-state index in [1.807, 2.05) is 22.9 Å². The van der Waals surface area contributed by atoms with E-state index < -0.39 is 6.04 Å². The molecule has 2 heterocycles. The molecule has 84 valence electrons. The number of hydrogen-bond acceptors (Lipinski definition) is 5. The molecule has 3 N–H and O–H groups in total. The van der Waals surface area contributed by atoms with Crippen molar-refractivity contribution in [3.8, 4) is 0 Å². The van der Waals surface area contributed by atoms with Crippen LogP contribution in [0.3, 0.4) is 0 Å². The van der Waals surface area contributed by atoms with Crippen LogP contribution in [0.4, 0.5) is 0 Å². The minimum absolute atomic E-state index is 0.169. The van der Waals surface area contributed by atoms with Crippen molar-refractivity contribution in [1.29, 1.82) is 0 Å². The van der Waals surface area contributed by atoms with Gasteiger partial charge in [-0.15, -0.1) is 22.7 Å². The lowest BCUT2D eigenvalue weighted by Gasteiger charge is -2.09. The Bertz CT molecular complexity index is 439. The van der Waals surface area contributed by atoms with Crippen LogP contribution in [0, 0.1) is 0 Å². The van der Waals surface area contributed by atoms with Gasteiger partial charge in [0.05, 0.1) is 6.54 Å². The first kappa shape index (κ1) is 11.3. The van der Waals surface area contributed by atoms with Crippen LogP contribution in [-0.4, -0.2) is 10.9 Å². The van der Waals surface area contributed by atoms with E-state index in [9.17, 15) is 4.79 Å². The fourth-order valence-corrected chi connectivity index (χ4v) is 2.49. The Labute approximate surface area is 101 Å². The van der Waals surface area contributed by atoms with Gasteiger partial charge >= 0.3 is 0 Å². The molecule has 0 spiro atoms. The van der Waals surface area contributed by atoms with Crippen molar-refractivity contribution >= 4 is 28.6 Å². The lowest BCUT2D eigenvalue weighted by Crippen LogP contribution is -2.33. The minimum Gasteiger partial charge on any atom is -0.348 e. The molecule has 0 aromatic carbocycles. The summed E-state index contributed by atoms with van der Waals surface area (Å²) in [4.78, 5) is 16.6. The van der Waals surface area contributed by atoms with Crippen molar-refractivity contribution in [1.82, 2.24) is 10.3 Å². The monoisotopic (exact) mass is 253 g/mol. The van der Waals surface area contributed by atoms with E-state index in [0.717, 1.165) is 9.88 Å². The quantitative estimate of drug-likeness (QED) is 0.868. The van der Waals surface area contributed by atoms with E-state index in [1.54, 1.807) is 6.20 Å². The average Bonchev–Trinajstić information content (AvgIpc) is 2.96. The van der Waals surface area contributed by atoms with Crippen molar-refractivity contribution in [2.75, 3.05) is 0 Å². The molecule has 16 heavy (non-hydrogen) atoms. The van der Waals surface area contributed by atoms with Gasteiger partial charge < -0.3 is 11.1 Å². The molecule has 2 aromatic heterocycles. The number of amides is 1. The third-order valence-electron chi connectivity index (χ3n) is 2.03. The predicted octanol–water partition coefficient (Wildman–Crippen LogP) is 1.52. The molecule has 1 unspecified atom stereocenters. The summed E-state index contributed by atoms with van der Waals surface area (Å²) in [6, 6.07) is 3.16. The Morgan fingerprint density at radius 1 is 1.50 bits per heavy atom. The average molecular weight is 253 g/mol. The topological polar surface area (TPSA) is 68.0 Å². The standard InChI is InChI=1S/C10H11N3OS2/c11-9(7-2-1-4-15-7)10(14)13-6-8-12-3-5-16-8/h1-5,9H,6,11H2,(H,13,14). The number of thiazole rings is 1. The summed E-state index contributed by atoms with van der Waals surface area (Å²) in [7, 11) is 0. The molecule has 0 fully saturated rings. The summed E-state index contributed by atoms with van der Waals surface area (Å²) < 4.78 is 0. The van der Waals surface area contributed by atoms with Gasteiger partial charge in [-0.2, -0.15) is 0 Å². The number of thiophene rings is 1. The Morgan fingerprint density at radius 3 is 3.00 bits per heavy atom. The fourth-order valence-electron chi connectivity index (χ4n) is 1.21. The summed E-state index contributed by atoms with van der Waals surface area (Å²) in [5.41, 5.74) is 5.80. The molecule has 0 bridgehead atoms. The van der Waals surface area contributed by atoms with Gasteiger partial charge in [-0.3, -0.25) is 4.79 Å². The van der Waals surface area contributed by atoms with Gasteiger partial charge in [-0.05, 0) is 11.4 Å². The number of rotatable bonds is 4. The summed E-state index contributed by atoms with van der Waals surface area (Å²) in [6.45, 7) is 0.440. The second kappa shape index (κ2) is 5.20. The lowest BCUT2D eigenvalue weighted by molar-refractivity contribution is -0.122. The van der Waals surface area contributed by atoms with Crippen molar-refractivity contribution in [2.24, 2.45) is 5.73 Å². The number of carbonyl (C=O) groups excluding carboxylic acids is 1. The predicted molar refractivity (Wildman–Crippen MR) is 65.2 cm³/mol. The van der Waals surface area contributed by atoms with Gasteiger partial charge in [0, 0.05) is 16.5 Å². The minimum atomic E-state index is -0.583. The van der Waals surface area contributed by atoms with E-state index in [1.165, 1.54) is 22.7 Å². The van der Waals surface area contributed by atoms with Gasteiger partial charge in [-0.1, -0.05) is 6.07 Å². The van der Waals surface area contributed by atoms with Gasteiger partial charge in [0.1, 0.15) is 11.0 Å². The molecule has 0 aliphatic heterocycles. The third kappa shape index (κ3) is 2.66. The Balaban J connectivity index is 1.89. The van der Waals surface area contributed by atoms with Crippen LogP contribution in [0.1, 0.15) is 15.9 Å². The molecule has 1 atom stereocenters. The first-order valence-electron chi connectivity index (χ1n) is 4.72. The van der Waals surface area contributed by atoms with Gasteiger partial charge in [-0.25, -0.2) is 4.98 Å². The van der Waals surface area contributed by atoms with Gasteiger partial charge in [0.15, 0.2) is 0 Å². The molecule has 0 radical (unpaired) electrons. The summed E-state index contributed by atoms with van der Waals surface area (Å²) in [5, 5.41) is 7.43. The fraction of sp³-hybridized carbons (Fsp3) is 0.200. The SMILES string of the molecule is NC(C(=O)NCc1nccs1)c1cccs1. The zero-order valence-electron chi connectivity index (χ0n) is 8.42. The molecule has 0 aliphatic carbocycles. The normalized spacial score (nSPS) is 12.3. The Kier molecular flexibility index (Phi) is 3.66. The van der Waals surface area contributed by atoms with Crippen molar-refractivity contribution in [3.05, 3.63) is 39.0 Å². The van der Waals surface area contributed by atoms with E-state index in [2.05, 4.69) is 10.3 Å². The molecular formula is C10H11N3OS2. The number of hydrogen-bond donors (Lipinski definition) is 2. The molecule has 0 saturated heterocycles. The van der Waals surface area contributed by atoms with E-state index >= 15 is 0 Å². The number of nitrogens with two attached hydrogens (primary N) is 1. The first-order valence-corrected chi connectivity index (χ1v) is 6.48. The van der Waals surface area contributed by atoms with Gasteiger partial charge in [0.25, 0.3) is 0 Å². The smallest absolute Gasteiger partial charge is 0.242 e. The zero-order chi connectivity index (χ0) is 11.4. The maximum Gasteiger partial charge on any atom is 0.242 e. The highest BCUT2D eigenvalue weighted by Gasteiger charge is 2.16. The maximum absolute atomic E-state index is 11.7. The van der Waals surface area contributed by atoms with Crippen LogP contribution in [0.15, 0.2) is 29.1 Å². The summed E-state index contributed by atoms with van der Waals surface area (Å²) in [6.07, 6.45) is 1.71. The number of aromatic nitrogens is 1. The van der Waals surface area contributed by atoms with Crippen LogP contribution < -0.4 is 11.1 Å². The van der Waals surface area contributed by atoms with E-state index in [4.69, 9.17) is 5.73 Å². The van der Waals surface area contributed by atoms with Crippen LogP contribution >= 0.6 is 22.7 Å².